The minimum atomic E-state index is -1.04. The molecular weight excluding hydrogens is 332 g/mol. The first-order valence-corrected chi connectivity index (χ1v) is 10.0. The van der Waals surface area contributed by atoms with Gasteiger partial charge in [0.2, 0.25) is 0 Å². The van der Waals surface area contributed by atoms with Gasteiger partial charge in [-0.3, -0.25) is 4.79 Å². The van der Waals surface area contributed by atoms with Gasteiger partial charge in [0.15, 0.2) is 12.1 Å². The van der Waals surface area contributed by atoms with Gasteiger partial charge in [0, 0.05) is 24.4 Å². The zero-order valence-corrected chi connectivity index (χ0v) is 15.9. The molecule has 0 unspecified atom stereocenters. The lowest BCUT2D eigenvalue weighted by Gasteiger charge is -2.72. The number of methoxy groups -OCH3 is 1. The number of hydrogen-bond donors (Lipinski definition) is 2. The molecule has 0 aromatic rings. The molecule has 2 spiro atoms. The fourth-order valence-corrected chi connectivity index (χ4v) is 8.15. The van der Waals surface area contributed by atoms with Crippen LogP contribution in [-0.4, -0.2) is 47.7 Å². The highest BCUT2D eigenvalue weighted by Crippen LogP contribution is 2.75. The lowest BCUT2D eigenvalue weighted by atomic mass is 9.37. The minimum Gasteiger partial charge on any atom is -0.393 e. The number of ether oxygens (including phenoxy) is 2. The van der Waals surface area contributed by atoms with Gasteiger partial charge in [0.1, 0.15) is 0 Å². The molecule has 26 heavy (non-hydrogen) atoms. The van der Waals surface area contributed by atoms with E-state index in [1.807, 2.05) is 0 Å². The van der Waals surface area contributed by atoms with E-state index < -0.39 is 35.4 Å². The fourth-order valence-electron chi connectivity index (χ4n) is 8.15. The molecule has 4 aliphatic carbocycles. The van der Waals surface area contributed by atoms with Crippen molar-refractivity contribution in [3.05, 3.63) is 12.2 Å². The van der Waals surface area contributed by atoms with Crippen LogP contribution in [0.3, 0.4) is 0 Å². The molecule has 2 N–H and O–H groups in total. The van der Waals surface area contributed by atoms with Crippen molar-refractivity contribution in [2.75, 3.05) is 7.11 Å². The number of aliphatic hydroxyl groups excluding tert-OH is 2. The van der Waals surface area contributed by atoms with Crippen molar-refractivity contribution in [3.8, 4) is 0 Å². The predicted molar refractivity (Wildman–Crippen MR) is 94.0 cm³/mol. The van der Waals surface area contributed by atoms with Crippen LogP contribution < -0.4 is 0 Å². The van der Waals surface area contributed by atoms with E-state index in [-0.39, 0.29) is 23.0 Å². The van der Waals surface area contributed by atoms with Crippen molar-refractivity contribution in [1.29, 1.82) is 0 Å². The van der Waals surface area contributed by atoms with Gasteiger partial charge in [0.05, 0.1) is 23.7 Å². The molecule has 4 bridgehead atoms. The molecule has 0 aromatic heterocycles. The van der Waals surface area contributed by atoms with Crippen LogP contribution >= 0.6 is 0 Å². The molecule has 2 saturated heterocycles. The number of carbonyl (C=O) groups is 1. The molecule has 0 aromatic carbocycles. The lowest BCUT2D eigenvalue weighted by molar-refractivity contribution is -0.398. The minimum absolute atomic E-state index is 0.0719. The first-order valence-electron chi connectivity index (χ1n) is 10.0. The highest BCUT2D eigenvalue weighted by molar-refractivity contribution is 6.04. The van der Waals surface area contributed by atoms with Crippen LogP contribution in [-0.2, 0) is 14.3 Å². The number of aliphatic hydroxyl groups is 2. The summed E-state index contributed by atoms with van der Waals surface area (Å²) in [7, 11) is 1.66. The van der Waals surface area contributed by atoms with Crippen LogP contribution in [0.2, 0.25) is 0 Å². The van der Waals surface area contributed by atoms with Crippen molar-refractivity contribution in [2.45, 2.75) is 70.6 Å². The topological polar surface area (TPSA) is 76.0 Å². The number of hydrogen-bond acceptors (Lipinski definition) is 5. The van der Waals surface area contributed by atoms with E-state index in [2.05, 4.69) is 20.4 Å². The van der Waals surface area contributed by atoms with Crippen LogP contribution in [0.4, 0.5) is 0 Å². The van der Waals surface area contributed by atoms with E-state index in [0.29, 0.717) is 17.9 Å². The average Bonchev–Trinajstić information content (AvgIpc) is 2.71. The largest absolute Gasteiger partial charge is 0.393 e. The molecule has 6 aliphatic rings. The summed E-state index contributed by atoms with van der Waals surface area (Å²) in [5, 5.41) is 22.5. The van der Waals surface area contributed by atoms with E-state index in [0.717, 1.165) is 25.7 Å². The summed E-state index contributed by atoms with van der Waals surface area (Å²) < 4.78 is 12.2. The second-order valence-corrected chi connectivity index (χ2v) is 10.1. The van der Waals surface area contributed by atoms with Crippen molar-refractivity contribution < 1.29 is 24.5 Å². The van der Waals surface area contributed by atoms with E-state index in [1.54, 1.807) is 7.11 Å². The Labute approximate surface area is 154 Å². The maximum Gasteiger partial charge on any atom is 0.170 e. The zero-order chi connectivity index (χ0) is 18.6. The smallest absolute Gasteiger partial charge is 0.170 e. The zero-order valence-electron chi connectivity index (χ0n) is 15.9. The molecule has 9 atom stereocenters. The third-order valence-corrected chi connectivity index (χ3v) is 8.92. The molecule has 6 rings (SSSR count). The van der Waals surface area contributed by atoms with Crippen molar-refractivity contribution in [3.63, 3.8) is 0 Å². The second-order valence-electron chi connectivity index (χ2n) is 10.1. The Balaban J connectivity index is 1.76. The Morgan fingerprint density at radius 2 is 1.96 bits per heavy atom. The molecule has 2 aliphatic heterocycles. The van der Waals surface area contributed by atoms with Crippen molar-refractivity contribution >= 4 is 5.78 Å². The van der Waals surface area contributed by atoms with Gasteiger partial charge in [-0.05, 0) is 42.6 Å². The van der Waals surface area contributed by atoms with E-state index in [4.69, 9.17) is 9.47 Å². The highest BCUT2D eigenvalue weighted by Gasteiger charge is 2.81. The van der Waals surface area contributed by atoms with Crippen LogP contribution in [0.1, 0.15) is 46.0 Å². The Hall–Kier alpha value is -0.750. The fraction of sp³-hybridized carbons (Fsp3) is 0.857. The SMILES string of the molecule is C=C1C(=O)[C@@]23[C@@H]4C[C@@H]5C(C)(C)CCC[C@@]5([C@@H](OC)O4)[C@@H]2[C@@H](O)C[C@@H]1[C@H]3O. The number of fused-ring (bicyclic) bond motifs is 2. The molecule has 6 fully saturated rings. The molecular formula is C21H30O5. The van der Waals surface area contributed by atoms with Crippen LogP contribution in [0.5, 0.6) is 0 Å². The Morgan fingerprint density at radius 3 is 2.65 bits per heavy atom. The summed E-state index contributed by atoms with van der Waals surface area (Å²) in [4.78, 5) is 13.4. The van der Waals surface area contributed by atoms with Gasteiger partial charge in [0.25, 0.3) is 0 Å². The quantitative estimate of drug-likeness (QED) is 0.699. The standard InChI is InChI=1S/C21H30O5/c1-10-11-8-12(22)15-20-7-5-6-19(2,3)13(20)9-14(26-18(20)25-4)21(15,16(10)23)17(11)24/h11-15,17-18,22,24H,1,5-9H2,2-4H3/t11-,12-,13+,14-,15-,17+,18-,20-,21+/m0/s1. The lowest BCUT2D eigenvalue weighted by Crippen LogP contribution is -2.78. The molecule has 0 amide bonds. The third kappa shape index (κ3) is 1.58. The van der Waals surface area contributed by atoms with Crippen LogP contribution in [0.25, 0.3) is 0 Å². The van der Waals surface area contributed by atoms with Crippen molar-refractivity contribution in [1.82, 2.24) is 0 Å². The van der Waals surface area contributed by atoms with E-state index in [1.165, 1.54) is 0 Å². The molecule has 144 valence electrons. The number of Topliss-reactive ketones (excluding diaryl/α,β-unsaturated/α-hetero) is 1. The summed E-state index contributed by atoms with van der Waals surface area (Å²) >= 11 is 0. The molecule has 4 saturated carbocycles. The average molecular weight is 362 g/mol. The molecule has 0 radical (unpaired) electrons. The van der Waals surface area contributed by atoms with Gasteiger partial charge in [-0.25, -0.2) is 0 Å². The number of ketones is 1. The summed E-state index contributed by atoms with van der Waals surface area (Å²) in [6.45, 7) is 8.58. The normalized spacial score (nSPS) is 57.0. The maximum atomic E-state index is 13.4. The summed E-state index contributed by atoms with van der Waals surface area (Å²) in [5.41, 5.74) is -0.902. The van der Waals surface area contributed by atoms with Gasteiger partial charge in [-0.2, -0.15) is 0 Å². The Bertz CT molecular complexity index is 686. The monoisotopic (exact) mass is 362 g/mol. The van der Waals surface area contributed by atoms with Gasteiger partial charge in [-0.15, -0.1) is 0 Å². The number of rotatable bonds is 1. The van der Waals surface area contributed by atoms with Crippen LogP contribution in [0.15, 0.2) is 12.2 Å². The first-order chi connectivity index (χ1) is 12.2. The third-order valence-electron chi connectivity index (χ3n) is 8.92. The summed E-state index contributed by atoms with van der Waals surface area (Å²) in [5.74, 6) is -0.431. The van der Waals surface area contributed by atoms with E-state index in [9.17, 15) is 15.0 Å². The molecule has 2 heterocycles. The Morgan fingerprint density at radius 1 is 1.23 bits per heavy atom. The maximum absolute atomic E-state index is 13.4. The Kier molecular flexibility index (Phi) is 3.33. The second kappa shape index (κ2) is 4.99. The molecule has 5 nitrogen and oxygen atoms in total. The number of carbonyl (C=O) groups excluding carboxylic acids is 1. The summed E-state index contributed by atoms with van der Waals surface area (Å²) in [6.07, 6.45) is 1.90. The molecule has 5 heteroatoms. The van der Waals surface area contributed by atoms with E-state index >= 15 is 0 Å². The van der Waals surface area contributed by atoms with Gasteiger partial charge < -0.3 is 19.7 Å². The van der Waals surface area contributed by atoms with Crippen LogP contribution in [0, 0.1) is 34.0 Å². The highest BCUT2D eigenvalue weighted by atomic mass is 16.7. The van der Waals surface area contributed by atoms with Crippen molar-refractivity contribution in [2.24, 2.45) is 34.0 Å². The first kappa shape index (κ1) is 17.4. The predicted octanol–water partition coefficient (Wildman–Crippen LogP) is 2.06. The van der Waals surface area contributed by atoms with Gasteiger partial charge in [-0.1, -0.05) is 26.8 Å². The summed E-state index contributed by atoms with van der Waals surface area (Å²) in [6, 6.07) is 0. The van der Waals surface area contributed by atoms with Gasteiger partial charge >= 0.3 is 0 Å².